The second-order valence-corrected chi connectivity index (χ2v) is 3.55. The van der Waals surface area contributed by atoms with E-state index in [1.807, 2.05) is 0 Å². The fraction of sp³-hybridized carbons (Fsp3) is 0.0769. The largest absolute Gasteiger partial charge is 0.481 e. The van der Waals surface area contributed by atoms with Crippen molar-refractivity contribution in [1.29, 1.82) is 0 Å². The number of pyridine rings is 1. The molecule has 92 valence electrons. The summed E-state index contributed by atoms with van der Waals surface area (Å²) in [6.45, 7) is 0. The zero-order valence-corrected chi connectivity index (χ0v) is 9.55. The predicted molar refractivity (Wildman–Crippen MR) is 63.1 cm³/mol. The monoisotopic (exact) mass is 247 g/mol. The Bertz CT molecular complexity index is 599. The SMILES string of the molecule is COc1cc(-c2cccc(F)c2C(=O)O)ccn1. The zero-order valence-electron chi connectivity index (χ0n) is 9.55. The maximum Gasteiger partial charge on any atom is 0.339 e. The van der Waals surface area contributed by atoms with E-state index in [-0.39, 0.29) is 5.56 Å². The molecule has 0 aliphatic carbocycles. The van der Waals surface area contributed by atoms with Crippen molar-refractivity contribution in [2.24, 2.45) is 0 Å². The van der Waals surface area contributed by atoms with E-state index in [4.69, 9.17) is 9.84 Å². The van der Waals surface area contributed by atoms with Gasteiger partial charge in [0.1, 0.15) is 11.4 Å². The first-order valence-electron chi connectivity index (χ1n) is 5.15. The molecule has 1 aromatic heterocycles. The minimum absolute atomic E-state index is 0.295. The number of ether oxygens (including phenoxy) is 1. The highest BCUT2D eigenvalue weighted by Gasteiger charge is 2.17. The number of halogens is 1. The van der Waals surface area contributed by atoms with Gasteiger partial charge in [0.2, 0.25) is 5.88 Å². The molecule has 1 heterocycles. The van der Waals surface area contributed by atoms with Gasteiger partial charge in [-0.1, -0.05) is 12.1 Å². The van der Waals surface area contributed by atoms with Crippen molar-refractivity contribution < 1.29 is 19.0 Å². The molecule has 0 bridgehead atoms. The minimum Gasteiger partial charge on any atom is -0.481 e. The topological polar surface area (TPSA) is 59.4 Å². The van der Waals surface area contributed by atoms with E-state index >= 15 is 0 Å². The standard InChI is InChI=1S/C13H10FNO3/c1-18-11-7-8(5-6-15-11)9-3-2-4-10(14)12(9)13(16)17/h2-7H,1H3,(H,16,17). The quantitative estimate of drug-likeness (QED) is 0.905. The zero-order chi connectivity index (χ0) is 13.1. The van der Waals surface area contributed by atoms with Crippen LogP contribution >= 0.6 is 0 Å². The highest BCUT2D eigenvalue weighted by molar-refractivity contribution is 5.96. The van der Waals surface area contributed by atoms with Crippen LogP contribution in [-0.2, 0) is 0 Å². The third-order valence-corrected chi connectivity index (χ3v) is 2.48. The van der Waals surface area contributed by atoms with Crippen LogP contribution in [0, 0.1) is 5.82 Å². The van der Waals surface area contributed by atoms with Crippen LogP contribution in [0.3, 0.4) is 0 Å². The van der Waals surface area contributed by atoms with Gasteiger partial charge in [-0.2, -0.15) is 0 Å². The van der Waals surface area contributed by atoms with Gasteiger partial charge in [0.15, 0.2) is 0 Å². The third-order valence-electron chi connectivity index (χ3n) is 2.48. The molecule has 0 fully saturated rings. The van der Waals surface area contributed by atoms with E-state index in [0.717, 1.165) is 6.07 Å². The molecule has 1 N–H and O–H groups in total. The van der Waals surface area contributed by atoms with E-state index in [0.29, 0.717) is 17.0 Å². The maximum absolute atomic E-state index is 13.5. The summed E-state index contributed by atoms with van der Waals surface area (Å²) in [5, 5.41) is 9.05. The van der Waals surface area contributed by atoms with Crippen LogP contribution in [0.25, 0.3) is 11.1 Å². The number of methoxy groups -OCH3 is 1. The molecule has 0 aliphatic heterocycles. The second-order valence-electron chi connectivity index (χ2n) is 3.55. The van der Waals surface area contributed by atoms with Crippen LogP contribution in [0.2, 0.25) is 0 Å². The molecular formula is C13H10FNO3. The summed E-state index contributed by atoms with van der Waals surface area (Å²) < 4.78 is 18.5. The Morgan fingerprint density at radius 1 is 1.39 bits per heavy atom. The van der Waals surface area contributed by atoms with Crippen molar-refractivity contribution >= 4 is 5.97 Å². The number of aromatic nitrogens is 1. The normalized spacial score (nSPS) is 10.1. The molecule has 2 aromatic rings. The average molecular weight is 247 g/mol. The van der Waals surface area contributed by atoms with Crippen LogP contribution in [-0.4, -0.2) is 23.2 Å². The smallest absolute Gasteiger partial charge is 0.339 e. The molecule has 0 saturated carbocycles. The number of carboxylic acids is 1. The number of benzene rings is 1. The average Bonchev–Trinajstić information content (AvgIpc) is 2.38. The first-order valence-corrected chi connectivity index (χ1v) is 5.15. The minimum atomic E-state index is -1.31. The summed E-state index contributed by atoms with van der Waals surface area (Å²) in [5.74, 6) is -1.73. The van der Waals surface area contributed by atoms with E-state index < -0.39 is 11.8 Å². The Morgan fingerprint density at radius 3 is 2.83 bits per heavy atom. The Morgan fingerprint density at radius 2 is 2.17 bits per heavy atom. The Labute approximate surface area is 103 Å². The molecule has 2 rings (SSSR count). The summed E-state index contributed by atoms with van der Waals surface area (Å²) in [5.41, 5.74) is 0.479. The van der Waals surface area contributed by atoms with Gasteiger partial charge in [-0.3, -0.25) is 0 Å². The molecule has 5 heteroatoms. The van der Waals surface area contributed by atoms with Gasteiger partial charge in [0.05, 0.1) is 7.11 Å². The van der Waals surface area contributed by atoms with Crippen molar-refractivity contribution in [2.45, 2.75) is 0 Å². The van der Waals surface area contributed by atoms with Gasteiger partial charge < -0.3 is 9.84 Å². The lowest BCUT2D eigenvalue weighted by atomic mass is 10.0. The van der Waals surface area contributed by atoms with Crippen molar-refractivity contribution in [3.8, 4) is 17.0 Å². The van der Waals surface area contributed by atoms with Crippen molar-refractivity contribution in [1.82, 2.24) is 4.98 Å². The van der Waals surface area contributed by atoms with Gasteiger partial charge in [-0.15, -0.1) is 0 Å². The number of carbonyl (C=O) groups is 1. The van der Waals surface area contributed by atoms with E-state index in [1.165, 1.54) is 19.4 Å². The molecule has 0 atom stereocenters. The number of nitrogens with zero attached hydrogens (tertiary/aromatic N) is 1. The molecule has 0 amide bonds. The van der Waals surface area contributed by atoms with Crippen molar-refractivity contribution in [3.63, 3.8) is 0 Å². The molecule has 0 unspecified atom stereocenters. The van der Waals surface area contributed by atoms with Gasteiger partial charge in [-0.05, 0) is 23.3 Å². The maximum atomic E-state index is 13.5. The first-order chi connectivity index (χ1) is 8.63. The molecule has 0 aliphatic rings. The van der Waals surface area contributed by atoms with Crippen LogP contribution in [0.4, 0.5) is 4.39 Å². The summed E-state index contributed by atoms with van der Waals surface area (Å²) >= 11 is 0. The number of rotatable bonds is 3. The summed E-state index contributed by atoms with van der Waals surface area (Å²) in [7, 11) is 1.45. The highest BCUT2D eigenvalue weighted by Crippen LogP contribution is 2.27. The third kappa shape index (κ3) is 2.15. The van der Waals surface area contributed by atoms with Crippen LogP contribution in [0.5, 0.6) is 5.88 Å². The predicted octanol–water partition coefficient (Wildman–Crippen LogP) is 2.59. The second kappa shape index (κ2) is 4.83. The van der Waals surface area contributed by atoms with Crippen molar-refractivity contribution in [3.05, 3.63) is 47.9 Å². The molecule has 0 radical (unpaired) electrons. The number of carboxylic acid groups (broad SMARTS) is 1. The number of hydrogen-bond acceptors (Lipinski definition) is 3. The molecule has 18 heavy (non-hydrogen) atoms. The van der Waals surface area contributed by atoms with Crippen molar-refractivity contribution in [2.75, 3.05) is 7.11 Å². The molecular weight excluding hydrogens is 237 g/mol. The van der Waals surface area contributed by atoms with Crippen LogP contribution in [0.15, 0.2) is 36.5 Å². The van der Waals surface area contributed by atoms with E-state index in [2.05, 4.69) is 4.98 Å². The first kappa shape index (κ1) is 12.0. The fourth-order valence-electron chi connectivity index (χ4n) is 1.67. The van der Waals surface area contributed by atoms with E-state index in [1.54, 1.807) is 18.2 Å². The Hall–Kier alpha value is -2.43. The summed E-state index contributed by atoms with van der Waals surface area (Å²) in [6.07, 6.45) is 1.48. The number of hydrogen-bond donors (Lipinski definition) is 1. The van der Waals surface area contributed by atoms with Gasteiger partial charge in [-0.25, -0.2) is 14.2 Å². The van der Waals surface area contributed by atoms with Gasteiger partial charge in [0.25, 0.3) is 0 Å². The van der Waals surface area contributed by atoms with E-state index in [9.17, 15) is 9.18 Å². The summed E-state index contributed by atoms with van der Waals surface area (Å²) in [4.78, 5) is 15.0. The molecule has 1 aromatic carbocycles. The molecule has 4 nitrogen and oxygen atoms in total. The Balaban J connectivity index is 2.63. The molecule has 0 spiro atoms. The lowest BCUT2D eigenvalue weighted by Gasteiger charge is -2.08. The lowest BCUT2D eigenvalue weighted by Crippen LogP contribution is -2.03. The fourth-order valence-corrected chi connectivity index (χ4v) is 1.67. The highest BCUT2D eigenvalue weighted by atomic mass is 19.1. The Kier molecular flexibility index (Phi) is 3.23. The lowest BCUT2D eigenvalue weighted by molar-refractivity contribution is 0.0693. The van der Waals surface area contributed by atoms with Crippen LogP contribution in [0.1, 0.15) is 10.4 Å². The summed E-state index contributed by atoms with van der Waals surface area (Å²) in [6, 6.07) is 7.28. The van der Waals surface area contributed by atoms with Gasteiger partial charge >= 0.3 is 5.97 Å². The van der Waals surface area contributed by atoms with Gasteiger partial charge in [0, 0.05) is 12.3 Å². The van der Waals surface area contributed by atoms with Crippen LogP contribution < -0.4 is 4.74 Å². The molecule has 0 saturated heterocycles. The number of aromatic carboxylic acids is 1.